The standard InChI is InChI=1S/C26H18N2/c1-2-9-18(10-3-1)19-11-8-12-20(17-19)28-24-16-7-5-14-22(24)25-21-13-4-6-15-23(21)27-26(25)28/h1-17,27H. The lowest BCUT2D eigenvalue weighted by atomic mass is 10.1. The number of fused-ring (bicyclic) bond motifs is 5. The number of aromatic nitrogens is 2. The molecular formula is C26H18N2. The zero-order chi connectivity index (χ0) is 18.5. The average molecular weight is 358 g/mol. The lowest BCUT2D eigenvalue weighted by molar-refractivity contribution is 1.15. The second-order valence-electron chi connectivity index (χ2n) is 7.16. The Hall–Kier alpha value is -3.78. The third kappa shape index (κ3) is 2.15. The fourth-order valence-corrected chi connectivity index (χ4v) is 4.29. The molecule has 28 heavy (non-hydrogen) atoms. The molecule has 6 aromatic rings. The van der Waals surface area contributed by atoms with Crippen LogP contribution in [0.4, 0.5) is 0 Å². The van der Waals surface area contributed by atoms with E-state index in [0.717, 1.165) is 5.65 Å². The van der Waals surface area contributed by atoms with E-state index in [0.29, 0.717) is 0 Å². The zero-order valence-corrected chi connectivity index (χ0v) is 15.3. The van der Waals surface area contributed by atoms with E-state index in [-0.39, 0.29) is 0 Å². The number of para-hydroxylation sites is 2. The van der Waals surface area contributed by atoms with Gasteiger partial charge in [0.25, 0.3) is 0 Å². The molecule has 1 N–H and O–H groups in total. The van der Waals surface area contributed by atoms with Crippen LogP contribution in [0.3, 0.4) is 0 Å². The van der Waals surface area contributed by atoms with Crippen LogP contribution in [0, 0.1) is 0 Å². The summed E-state index contributed by atoms with van der Waals surface area (Å²) in [5, 5.41) is 3.84. The monoisotopic (exact) mass is 358 g/mol. The van der Waals surface area contributed by atoms with E-state index in [4.69, 9.17) is 0 Å². The van der Waals surface area contributed by atoms with Crippen LogP contribution in [0.15, 0.2) is 103 Å². The molecule has 2 aromatic heterocycles. The van der Waals surface area contributed by atoms with E-state index in [1.807, 2.05) is 0 Å². The molecule has 0 saturated carbocycles. The van der Waals surface area contributed by atoms with E-state index in [1.54, 1.807) is 0 Å². The van der Waals surface area contributed by atoms with E-state index >= 15 is 0 Å². The van der Waals surface area contributed by atoms with Crippen molar-refractivity contribution in [2.75, 3.05) is 0 Å². The summed E-state index contributed by atoms with van der Waals surface area (Å²) in [6, 6.07) is 36.5. The van der Waals surface area contributed by atoms with Gasteiger partial charge in [-0.15, -0.1) is 0 Å². The van der Waals surface area contributed by atoms with E-state index in [1.165, 1.54) is 44.0 Å². The Bertz CT molecular complexity index is 1450. The summed E-state index contributed by atoms with van der Waals surface area (Å²) in [5.74, 6) is 0. The van der Waals surface area contributed by atoms with Crippen LogP contribution < -0.4 is 0 Å². The number of hydrogen-bond acceptors (Lipinski definition) is 0. The quantitative estimate of drug-likeness (QED) is 0.346. The topological polar surface area (TPSA) is 20.7 Å². The molecule has 0 radical (unpaired) electrons. The fraction of sp³-hybridized carbons (Fsp3) is 0. The van der Waals surface area contributed by atoms with E-state index in [9.17, 15) is 0 Å². The summed E-state index contributed by atoms with van der Waals surface area (Å²) >= 11 is 0. The van der Waals surface area contributed by atoms with Gasteiger partial charge in [-0.2, -0.15) is 0 Å². The number of H-pyrrole nitrogens is 1. The molecule has 2 nitrogen and oxygen atoms in total. The Labute approximate surface area is 162 Å². The summed E-state index contributed by atoms with van der Waals surface area (Å²) in [6.07, 6.45) is 0. The van der Waals surface area contributed by atoms with Gasteiger partial charge in [0.05, 0.1) is 5.52 Å². The van der Waals surface area contributed by atoms with Crippen LogP contribution in [-0.2, 0) is 0 Å². The predicted molar refractivity (Wildman–Crippen MR) is 118 cm³/mol. The molecule has 0 amide bonds. The van der Waals surface area contributed by atoms with Gasteiger partial charge in [-0.05, 0) is 35.4 Å². The number of benzene rings is 4. The number of nitrogens with zero attached hydrogens (tertiary/aromatic N) is 1. The minimum Gasteiger partial charge on any atom is -0.340 e. The van der Waals surface area contributed by atoms with Crippen molar-refractivity contribution >= 4 is 32.8 Å². The van der Waals surface area contributed by atoms with Crippen molar-refractivity contribution in [3.8, 4) is 16.8 Å². The van der Waals surface area contributed by atoms with Crippen molar-refractivity contribution in [2.45, 2.75) is 0 Å². The third-order valence-electron chi connectivity index (χ3n) is 5.54. The molecule has 0 saturated heterocycles. The maximum absolute atomic E-state index is 3.66. The van der Waals surface area contributed by atoms with Gasteiger partial charge in [-0.3, -0.25) is 4.57 Å². The van der Waals surface area contributed by atoms with Crippen LogP contribution in [0.25, 0.3) is 49.7 Å². The van der Waals surface area contributed by atoms with Crippen LogP contribution in [0.2, 0.25) is 0 Å². The molecule has 132 valence electrons. The molecule has 0 aliphatic heterocycles. The minimum atomic E-state index is 1.15. The van der Waals surface area contributed by atoms with E-state index < -0.39 is 0 Å². The van der Waals surface area contributed by atoms with Crippen LogP contribution in [0.5, 0.6) is 0 Å². The van der Waals surface area contributed by atoms with Gasteiger partial charge < -0.3 is 4.98 Å². The first-order chi connectivity index (χ1) is 13.9. The number of rotatable bonds is 2. The maximum Gasteiger partial charge on any atom is 0.124 e. The first-order valence-corrected chi connectivity index (χ1v) is 9.56. The van der Waals surface area contributed by atoms with Crippen molar-refractivity contribution in [3.05, 3.63) is 103 Å². The largest absolute Gasteiger partial charge is 0.340 e. The molecule has 2 heteroatoms. The highest BCUT2D eigenvalue weighted by Gasteiger charge is 2.16. The van der Waals surface area contributed by atoms with Crippen molar-refractivity contribution in [1.29, 1.82) is 0 Å². The van der Waals surface area contributed by atoms with Crippen molar-refractivity contribution in [2.24, 2.45) is 0 Å². The number of hydrogen-bond donors (Lipinski definition) is 1. The fourth-order valence-electron chi connectivity index (χ4n) is 4.29. The highest BCUT2D eigenvalue weighted by molar-refractivity contribution is 6.21. The minimum absolute atomic E-state index is 1.15. The molecule has 0 aliphatic rings. The average Bonchev–Trinajstić information content (AvgIpc) is 3.29. The van der Waals surface area contributed by atoms with Crippen molar-refractivity contribution in [1.82, 2.24) is 9.55 Å². The molecule has 6 rings (SSSR count). The summed E-state index contributed by atoms with van der Waals surface area (Å²) < 4.78 is 2.34. The van der Waals surface area contributed by atoms with Crippen molar-refractivity contribution in [3.63, 3.8) is 0 Å². The van der Waals surface area contributed by atoms with Crippen LogP contribution >= 0.6 is 0 Å². The van der Waals surface area contributed by atoms with Crippen LogP contribution in [0.1, 0.15) is 0 Å². The van der Waals surface area contributed by atoms with Gasteiger partial charge in [0, 0.05) is 27.4 Å². The van der Waals surface area contributed by atoms with Crippen molar-refractivity contribution < 1.29 is 0 Å². The lowest BCUT2D eigenvalue weighted by Gasteiger charge is -2.09. The second kappa shape index (κ2) is 5.86. The molecule has 2 heterocycles. The Morgan fingerprint density at radius 3 is 2.18 bits per heavy atom. The first kappa shape index (κ1) is 15.3. The summed E-state index contributed by atoms with van der Waals surface area (Å²) in [7, 11) is 0. The van der Waals surface area contributed by atoms with Gasteiger partial charge in [0.15, 0.2) is 0 Å². The molecule has 0 aliphatic carbocycles. The highest BCUT2D eigenvalue weighted by atomic mass is 15.1. The van der Waals surface area contributed by atoms with Crippen LogP contribution in [-0.4, -0.2) is 9.55 Å². The Morgan fingerprint density at radius 2 is 1.29 bits per heavy atom. The Morgan fingerprint density at radius 1 is 0.571 bits per heavy atom. The lowest BCUT2D eigenvalue weighted by Crippen LogP contribution is -1.94. The normalized spacial score (nSPS) is 11.6. The van der Waals surface area contributed by atoms with Gasteiger partial charge in [-0.25, -0.2) is 0 Å². The van der Waals surface area contributed by atoms with Gasteiger partial charge >= 0.3 is 0 Å². The highest BCUT2D eigenvalue weighted by Crippen LogP contribution is 2.37. The molecule has 0 spiro atoms. The zero-order valence-electron chi connectivity index (χ0n) is 15.3. The third-order valence-corrected chi connectivity index (χ3v) is 5.54. The SMILES string of the molecule is c1ccc(-c2cccc(-n3c4ccccc4c4c5ccccc5[nH]c43)c2)cc1. The van der Waals surface area contributed by atoms with Gasteiger partial charge in [0.1, 0.15) is 5.65 Å². The molecule has 4 aromatic carbocycles. The number of nitrogens with one attached hydrogen (secondary N) is 1. The van der Waals surface area contributed by atoms with Gasteiger partial charge in [0.2, 0.25) is 0 Å². The molecule has 0 bridgehead atoms. The smallest absolute Gasteiger partial charge is 0.124 e. The predicted octanol–water partition coefficient (Wildman–Crippen LogP) is 6.93. The summed E-state index contributed by atoms with van der Waals surface area (Å²) in [6.45, 7) is 0. The Balaban J connectivity index is 1.70. The molecular weight excluding hydrogens is 340 g/mol. The molecule has 0 atom stereocenters. The van der Waals surface area contributed by atoms with E-state index in [2.05, 4.69) is 113 Å². The Kier molecular flexibility index (Phi) is 3.20. The summed E-state index contributed by atoms with van der Waals surface area (Å²) in [5.41, 5.74) is 7.16. The molecule has 0 fully saturated rings. The van der Waals surface area contributed by atoms with Gasteiger partial charge in [-0.1, -0.05) is 78.9 Å². The maximum atomic E-state index is 3.66. The first-order valence-electron chi connectivity index (χ1n) is 9.56. The number of aromatic amines is 1. The second-order valence-corrected chi connectivity index (χ2v) is 7.16. The molecule has 0 unspecified atom stereocenters. The summed E-state index contributed by atoms with van der Waals surface area (Å²) in [4.78, 5) is 3.66.